The van der Waals surface area contributed by atoms with Crippen LogP contribution in [0.3, 0.4) is 0 Å². The van der Waals surface area contributed by atoms with Gasteiger partial charge >= 0.3 is 6.03 Å². The first kappa shape index (κ1) is 21.9. The van der Waals surface area contributed by atoms with Gasteiger partial charge in [0.15, 0.2) is 11.0 Å². The van der Waals surface area contributed by atoms with Crippen molar-refractivity contribution in [2.75, 3.05) is 0 Å². The fraction of sp³-hybridized carbons (Fsp3) is 0.238. The average molecular weight is 444 g/mol. The monoisotopic (exact) mass is 443 g/mol. The molecule has 0 aliphatic heterocycles. The van der Waals surface area contributed by atoms with Crippen molar-refractivity contribution < 1.29 is 9.59 Å². The number of halogens is 1. The minimum absolute atomic E-state index is 0.259. The number of benzene rings is 2. The van der Waals surface area contributed by atoms with Gasteiger partial charge in [0.1, 0.15) is 0 Å². The van der Waals surface area contributed by atoms with Crippen LogP contribution in [0.25, 0.3) is 17.1 Å². The van der Waals surface area contributed by atoms with E-state index in [0.717, 1.165) is 16.8 Å². The average Bonchev–Trinajstić information content (AvgIpc) is 3.11. The first-order chi connectivity index (χ1) is 14.3. The Hall–Kier alpha value is -2.84. The Morgan fingerprint density at radius 2 is 1.73 bits per heavy atom. The molecule has 0 fully saturated rings. The van der Waals surface area contributed by atoms with Gasteiger partial charge in [0.25, 0.3) is 0 Å². The van der Waals surface area contributed by atoms with Gasteiger partial charge in [-0.15, -0.1) is 10.2 Å². The lowest BCUT2D eigenvalue weighted by molar-refractivity contribution is -0.119. The highest BCUT2D eigenvalue weighted by Crippen LogP contribution is 2.33. The third kappa shape index (κ3) is 4.83. The number of rotatable bonds is 6. The van der Waals surface area contributed by atoms with E-state index in [2.05, 4.69) is 35.4 Å². The molecular weight excluding hydrogens is 422 g/mol. The van der Waals surface area contributed by atoms with Crippen LogP contribution in [0.4, 0.5) is 4.79 Å². The number of amides is 3. The number of hydrogen-bond donors (Lipinski definition) is 2. The Kier molecular flexibility index (Phi) is 6.79. The summed E-state index contributed by atoms with van der Waals surface area (Å²) in [4.78, 5) is 23.2. The molecule has 2 aromatic carbocycles. The van der Waals surface area contributed by atoms with Gasteiger partial charge in [-0.3, -0.25) is 14.7 Å². The zero-order chi connectivity index (χ0) is 21.8. The van der Waals surface area contributed by atoms with Gasteiger partial charge in [-0.1, -0.05) is 55.4 Å². The number of imide groups is 1. The van der Waals surface area contributed by atoms with Gasteiger partial charge in [0.2, 0.25) is 5.91 Å². The Bertz CT molecular complexity index is 1070. The molecule has 30 heavy (non-hydrogen) atoms. The number of nitrogens with one attached hydrogen (secondary N) is 1. The molecule has 1 atom stereocenters. The first-order valence-electron chi connectivity index (χ1n) is 9.35. The summed E-state index contributed by atoms with van der Waals surface area (Å²) in [5.74, 6) is 0.395. The second-order valence-electron chi connectivity index (χ2n) is 6.98. The van der Waals surface area contributed by atoms with E-state index < -0.39 is 17.2 Å². The molecule has 7 nitrogen and oxygen atoms in total. The first-order valence-corrected chi connectivity index (χ1v) is 10.6. The van der Waals surface area contributed by atoms with Crippen molar-refractivity contribution in [1.82, 2.24) is 20.1 Å². The maximum absolute atomic E-state index is 12.2. The number of carbonyl (C=O) groups excluding carboxylic acids is 2. The number of nitrogens with two attached hydrogens (primary N) is 1. The Morgan fingerprint density at radius 1 is 1.07 bits per heavy atom. The molecule has 3 rings (SSSR count). The molecule has 0 aliphatic carbocycles. The summed E-state index contributed by atoms with van der Waals surface area (Å²) >= 11 is 7.24. The summed E-state index contributed by atoms with van der Waals surface area (Å²) in [6, 6.07) is 14.4. The lowest BCUT2D eigenvalue weighted by Crippen LogP contribution is -2.39. The Labute approximate surface area is 184 Å². The minimum atomic E-state index is -0.888. The summed E-state index contributed by atoms with van der Waals surface area (Å²) in [6.07, 6.45) is 0. The summed E-state index contributed by atoms with van der Waals surface area (Å²) in [7, 11) is 0. The van der Waals surface area contributed by atoms with Crippen LogP contribution in [-0.4, -0.2) is 32.0 Å². The molecule has 1 heterocycles. The molecule has 3 amide bonds. The van der Waals surface area contributed by atoms with Gasteiger partial charge in [-0.05, 0) is 48.7 Å². The second-order valence-corrected chi connectivity index (χ2v) is 8.72. The van der Waals surface area contributed by atoms with Crippen LogP contribution in [0.1, 0.15) is 32.3 Å². The molecular formula is C21H22ClN5O2S. The number of primary amides is 1. The SMILES string of the molecule is CC(C)c1ccccc1-n1c(S[C@H](C)C(=O)NC(N)=O)nnc1-c1ccc(Cl)cc1. The zero-order valence-corrected chi connectivity index (χ0v) is 18.4. The molecule has 0 spiro atoms. The van der Waals surface area contributed by atoms with E-state index >= 15 is 0 Å². The maximum Gasteiger partial charge on any atom is 0.318 e. The fourth-order valence-electron chi connectivity index (χ4n) is 2.96. The summed E-state index contributed by atoms with van der Waals surface area (Å²) < 4.78 is 1.93. The maximum atomic E-state index is 12.2. The molecule has 0 radical (unpaired) electrons. The smallest absolute Gasteiger partial charge is 0.318 e. The van der Waals surface area contributed by atoms with E-state index in [1.807, 2.05) is 34.9 Å². The van der Waals surface area contributed by atoms with E-state index in [4.69, 9.17) is 17.3 Å². The van der Waals surface area contributed by atoms with Crippen LogP contribution in [-0.2, 0) is 4.79 Å². The number of carbonyl (C=O) groups is 2. The van der Waals surface area contributed by atoms with Gasteiger partial charge in [-0.25, -0.2) is 4.79 Å². The molecule has 0 saturated carbocycles. The number of hydrogen-bond acceptors (Lipinski definition) is 5. The van der Waals surface area contributed by atoms with Gasteiger partial charge in [0.05, 0.1) is 10.9 Å². The Balaban J connectivity index is 2.11. The van der Waals surface area contributed by atoms with E-state index in [0.29, 0.717) is 16.0 Å². The van der Waals surface area contributed by atoms with Crippen molar-refractivity contribution in [3.63, 3.8) is 0 Å². The van der Waals surface area contributed by atoms with E-state index in [9.17, 15) is 9.59 Å². The lowest BCUT2D eigenvalue weighted by Gasteiger charge is -2.18. The second kappa shape index (κ2) is 9.32. The quantitative estimate of drug-likeness (QED) is 0.550. The number of thioether (sulfide) groups is 1. The molecule has 9 heteroatoms. The summed E-state index contributed by atoms with van der Waals surface area (Å²) in [5.41, 5.74) is 7.94. The van der Waals surface area contributed by atoms with Crippen molar-refractivity contribution in [3.8, 4) is 17.1 Å². The molecule has 3 N–H and O–H groups in total. The number of para-hydroxylation sites is 1. The van der Waals surface area contributed by atoms with Crippen molar-refractivity contribution in [1.29, 1.82) is 0 Å². The van der Waals surface area contributed by atoms with Crippen LogP contribution >= 0.6 is 23.4 Å². The number of aromatic nitrogens is 3. The van der Waals surface area contributed by atoms with Crippen molar-refractivity contribution in [2.45, 2.75) is 37.1 Å². The number of nitrogens with zero attached hydrogens (tertiary/aromatic N) is 3. The van der Waals surface area contributed by atoms with E-state index in [1.54, 1.807) is 19.1 Å². The summed E-state index contributed by atoms with van der Waals surface area (Å²) in [6.45, 7) is 5.90. The van der Waals surface area contributed by atoms with E-state index in [-0.39, 0.29) is 5.92 Å². The number of urea groups is 1. The molecule has 0 unspecified atom stereocenters. The van der Waals surface area contributed by atoms with Crippen LogP contribution in [0.2, 0.25) is 5.02 Å². The standard InChI is InChI=1S/C21H22ClN5O2S/c1-12(2)16-6-4-5-7-17(16)27-18(14-8-10-15(22)11-9-14)25-26-21(27)30-13(3)19(28)24-20(23)29/h4-13H,1-3H3,(H3,23,24,28,29)/t13-/m1/s1. The summed E-state index contributed by atoms with van der Waals surface area (Å²) in [5, 5.41) is 11.4. The van der Waals surface area contributed by atoms with Crippen LogP contribution < -0.4 is 11.1 Å². The van der Waals surface area contributed by atoms with Crippen molar-refractivity contribution in [2.24, 2.45) is 5.73 Å². The van der Waals surface area contributed by atoms with Gasteiger partial charge in [-0.2, -0.15) is 0 Å². The third-order valence-corrected chi connectivity index (χ3v) is 5.73. The largest absolute Gasteiger partial charge is 0.351 e. The molecule has 156 valence electrons. The van der Waals surface area contributed by atoms with Gasteiger partial charge in [0, 0.05) is 10.6 Å². The van der Waals surface area contributed by atoms with Crippen molar-refractivity contribution in [3.05, 3.63) is 59.1 Å². The molecule has 0 aliphatic rings. The van der Waals surface area contributed by atoms with E-state index in [1.165, 1.54) is 11.8 Å². The van der Waals surface area contributed by atoms with Crippen LogP contribution in [0, 0.1) is 0 Å². The molecule has 1 aromatic heterocycles. The van der Waals surface area contributed by atoms with Gasteiger partial charge < -0.3 is 5.73 Å². The normalized spacial score (nSPS) is 12.0. The topological polar surface area (TPSA) is 103 Å². The molecule has 0 bridgehead atoms. The fourth-order valence-corrected chi connectivity index (χ4v) is 3.95. The zero-order valence-electron chi connectivity index (χ0n) is 16.8. The highest BCUT2D eigenvalue weighted by molar-refractivity contribution is 8.00. The highest BCUT2D eigenvalue weighted by Gasteiger charge is 2.24. The lowest BCUT2D eigenvalue weighted by atomic mass is 10.0. The molecule has 3 aromatic rings. The third-order valence-electron chi connectivity index (χ3n) is 4.43. The predicted octanol–water partition coefficient (Wildman–Crippen LogP) is 4.39. The predicted molar refractivity (Wildman–Crippen MR) is 119 cm³/mol. The Morgan fingerprint density at radius 3 is 2.37 bits per heavy atom. The molecule has 0 saturated heterocycles. The highest BCUT2D eigenvalue weighted by atomic mass is 35.5. The van der Waals surface area contributed by atoms with Crippen LogP contribution in [0.15, 0.2) is 53.7 Å². The van der Waals surface area contributed by atoms with Crippen LogP contribution in [0.5, 0.6) is 0 Å². The minimum Gasteiger partial charge on any atom is -0.351 e. The van der Waals surface area contributed by atoms with Crippen molar-refractivity contribution >= 4 is 35.3 Å².